The summed E-state index contributed by atoms with van der Waals surface area (Å²) < 4.78 is 0. The molecule has 4 rings (SSSR count). The molecule has 0 bridgehead atoms. The van der Waals surface area contributed by atoms with E-state index in [-0.39, 0.29) is 5.91 Å². The molecule has 0 saturated carbocycles. The molecule has 0 unspecified atom stereocenters. The minimum Gasteiger partial charge on any atom is -0.333 e. The predicted molar refractivity (Wildman–Crippen MR) is 111 cm³/mol. The molecule has 142 valence electrons. The summed E-state index contributed by atoms with van der Waals surface area (Å²) in [5, 5.41) is 3.86. The number of amides is 1. The van der Waals surface area contributed by atoms with Crippen molar-refractivity contribution < 1.29 is 4.79 Å². The fourth-order valence-corrected chi connectivity index (χ4v) is 3.60. The third-order valence-corrected chi connectivity index (χ3v) is 5.41. The first-order valence-electron chi connectivity index (χ1n) is 9.25. The standard InChI is InChI=1S/C22H21ClN4O/c1-14-12-20(21(28)27-11-10-16-6-3-4-7-17(16)13-27)26-22(24-14)25-19-9-5-8-18(23)15(19)2/h3-9,12H,10-11,13H2,1-2H3,(H,24,25,26). The van der Waals surface area contributed by atoms with Crippen LogP contribution in [-0.4, -0.2) is 27.3 Å². The second-order valence-corrected chi connectivity index (χ2v) is 7.41. The second kappa shape index (κ2) is 7.60. The lowest BCUT2D eigenvalue weighted by atomic mass is 10.00. The van der Waals surface area contributed by atoms with Gasteiger partial charge in [0, 0.05) is 29.5 Å². The van der Waals surface area contributed by atoms with Crippen LogP contribution in [0.2, 0.25) is 5.02 Å². The van der Waals surface area contributed by atoms with E-state index in [9.17, 15) is 4.79 Å². The van der Waals surface area contributed by atoms with Gasteiger partial charge in [0.25, 0.3) is 5.91 Å². The number of hydrogen-bond donors (Lipinski definition) is 1. The Morgan fingerprint density at radius 1 is 1.07 bits per heavy atom. The van der Waals surface area contributed by atoms with Gasteiger partial charge in [-0.05, 0) is 55.2 Å². The summed E-state index contributed by atoms with van der Waals surface area (Å²) in [5.41, 5.74) is 5.37. The number of fused-ring (bicyclic) bond motifs is 1. The van der Waals surface area contributed by atoms with Gasteiger partial charge in [0.15, 0.2) is 0 Å². The monoisotopic (exact) mass is 392 g/mol. The molecule has 28 heavy (non-hydrogen) atoms. The molecule has 2 heterocycles. The molecule has 0 saturated heterocycles. The van der Waals surface area contributed by atoms with Crippen LogP contribution in [0.1, 0.15) is 32.9 Å². The van der Waals surface area contributed by atoms with Gasteiger partial charge in [0.1, 0.15) is 5.69 Å². The van der Waals surface area contributed by atoms with Crippen molar-refractivity contribution in [3.05, 3.63) is 81.6 Å². The number of carbonyl (C=O) groups is 1. The number of hydrogen-bond acceptors (Lipinski definition) is 4. The smallest absolute Gasteiger partial charge is 0.272 e. The fraction of sp³-hybridized carbons (Fsp3) is 0.227. The van der Waals surface area contributed by atoms with Crippen molar-refractivity contribution in [2.45, 2.75) is 26.8 Å². The average Bonchev–Trinajstić information content (AvgIpc) is 2.70. The van der Waals surface area contributed by atoms with Crippen LogP contribution in [0.5, 0.6) is 0 Å². The van der Waals surface area contributed by atoms with Crippen LogP contribution in [0.15, 0.2) is 48.5 Å². The molecule has 3 aromatic rings. The maximum Gasteiger partial charge on any atom is 0.272 e. The molecule has 1 aliphatic rings. The molecule has 1 aliphatic heterocycles. The molecular formula is C22H21ClN4O. The fourth-order valence-electron chi connectivity index (χ4n) is 3.43. The Morgan fingerprint density at radius 2 is 1.86 bits per heavy atom. The van der Waals surface area contributed by atoms with E-state index in [0.29, 0.717) is 29.8 Å². The van der Waals surface area contributed by atoms with E-state index in [2.05, 4.69) is 27.4 Å². The highest BCUT2D eigenvalue weighted by Gasteiger charge is 2.23. The van der Waals surface area contributed by atoms with Crippen molar-refractivity contribution in [3.63, 3.8) is 0 Å². The van der Waals surface area contributed by atoms with Crippen LogP contribution in [0.3, 0.4) is 0 Å². The molecule has 1 aromatic heterocycles. The SMILES string of the molecule is Cc1cc(C(=O)N2CCc3ccccc3C2)nc(Nc2cccc(Cl)c2C)n1. The van der Waals surface area contributed by atoms with Crippen molar-refractivity contribution in [3.8, 4) is 0 Å². The third kappa shape index (κ3) is 3.71. The van der Waals surface area contributed by atoms with Crippen molar-refractivity contribution >= 4 is 29.1 Å². The summed E-state index contributed by atoms with van der Waals surface area (Å²) in [5.74, 6) is 0.317. The van der Waals surface area contributed by atoms with E-state index in [1.165, 1.54) is 11.1 Å². The Hall–Kier alpha value is -2.92. The zero-order valence-electron chi connectivity index (χ0n) is 15.9. The van der Waals surface area contributed by atoms with Crippen molar-refractivity contribution in [1.29, 1.82) is 0 Å². The number of anilines is 2. The Kier molecular flexibility index (Phi) is 5.01. The van der Waals surface area contributed by atoms with Crippen molar-refractivity contribution in [1.82, 2.24) is 14.9 Å². The van der Waals surface area contributed by atoms with E-state index in [1.807, 2.05) is 49.1 Å². The Morgan fingerprint density at radius 3 is 2.68 bits per heavy atom. The molecule has 0 radical (unpaired) electrons. The molecule has 0 fully saturated rings. The van der Waals surface area contributed by atoms with E-state index < -0.39 is 0 Å². The van der Waals surface area contributed by atoms with E-state index in [0.717, 1.165) is 23.4 Å². The van der Waals surface area contributed by atoms with Gasteiger partial charge in [-0.25, -0.2) is 9.97 Å². The average molecular weight is 393 g/mol. The van der Waals surface area contributed by atoms with Gasteiger partial charge in [0.05, 0.1) is 0 Å². The molecule has 6 heteroatoms. The van der Waals surface area contributed by atoms with Crippen LogP contribution < -0.4 is 5.32 Å². The molecule has 5 nitrogen and oxygen atoms in total. The highest BCUT2D eigenvalue weighted by molar-refractivity contribution is 6.31. The maximum atomic E-state index is 13.1. The van der Waals surface area contributed by atoms with Crippen LogP contribution >= 0.6 is 11.6 Å². The molecule has 1 N–H and O–H groups in total. The Bertz CT molecular complexity index is 1050. The topological polar surface area (TPSA) is 58.1 Å². The van der Waals surface area contributed by atoms with Crippen LogP contribution in [-0.2, 0) is 13.0 Å². The van der Waals surface area contributed by atoms with E-state index >= 15 is 0 Å². The lowest BCUT2D eigenvalue weighted by Gasteiger charge is -2.28. The highest BCUT2D eigenvalue weighted by Crippen LogP contribution is 2.25. The summed E-state index contributed by atoms with van der Waals surface area (Å²) in [6.07, 6.45) is 0.860. The number of aromatic nitrogens is 2. The molecular weight excluding hydrogens is 372 g/mol. The lowest BCUT2D eigenvalue weighted by Crippen LogP contribution is -2.36. The minimum absolute atomic E-state index is 0.0779. The number of aryl methyl sites for hydroxylation is 1. The van der Waals surface area contributed by atoms with Crippen LogP contribution in [0.25, 0.3) is 0 Å². The number of nitrogens with zero attached hydrogens (tertiary/aromatic N) is 3. The summed E-state index contributed by atoms with van der Waals surface area (Å²) in [7, 11) is 0. The predicted octanol–water partition coefficient (Wildman–Crippen LogP) is 4.69. The molecule has 1 amide bonds. The van der Waals surface area contributed by atoms with Gasteiger partial charge in [0.2, 0.25) is 5.95 Å². The zero-order chi connectivity index (χ0) is 19.7. The minimum atomic E-state index is -0.0779. The maximum absolute atomic E-state index is 13.1. The largest absolute Gasteiger partial charge is 0.333 e. The number of carbonyl (C=O) groups excluding carboxylic acids is 1. The van der Waals surface area contributed by atoms with Gasteiger partial charge in [-0.1, -0.05) is 41.9 Å². The molecule has 2 aromatic carbocycles. The first-order chi connectivity index (χ1) is 13.5. The Balaban J connectivity index is 1.59. The van der Waals surface area contributed by atoms with Gasteiger partial charge < -0.3 is 10.2 Å². The number of rotatable bonds is 3. The third-order valence-electron chi connectivity index (χ3n) is 5.01. The lowest BCUT2D eigenvalue weighted by molar-refractivity contribution is 0.0728. The van der Waals surface area contributed by atoms with Gasteiger partial charge in [-0.2, -0.15) is 0 Å². The number of nitrogens with one attached hydrogen (secondary N) is 1. The van der Waals surface area contributed by atoms with E-state index in [1.54, 1.807) is 6.07 Å². The highest BCUT2D eigenvalue weighted by atomic mass is 35.5. The number of halogens is 1. The summed E-state index contributed by atoms with van der Waals surface area (Å²) >= 11 is 6.19. The molecule has 0 spiro atoms. The normalized spacial score (nSPS) is 13.2. The second-order valence-electron chi connectivity index (χ2n) is 7.00. The summed E-state index contributed by atoms with van der Waals surface area (Å²) in [6, 6.07) is 15.6. The van der Waals surface area contributed by atoms with Gasteiger partial charge in [-0.3, -0.25) is 4.79 Å². The van der Waals surface area contributed by atoms with Crippen LogP contribution in [0.4, 0.5) is 11.6 Å². The first kappa shape index (κ1) is 18.4. The van der Waals surface area contributed by atoms with Gasteiger partial charge >= 0.3 is 0 Å². The van der Waals surface area contributed by atoms with Crippen molar-refractivity contribution in [2.24, 2.45) is 0 Å². The summed E-state index contributed by atoms with van der Waals surface area (Å²) in [6.45, 7) is 5.08. The molecule has 0 aliphatic carbocycles. The van der Waals surface area contributed by atoms with Gasteiger partial charge in [-0.15, -0.1) is 0 Å². The first-order valence-corrected chi connectivity index (χ1v) is 9.63. The quantitative estimate of drug-likeness (QED) is 0.702. The summed E-state index contributed by atoms with van der Waals surface area (Å²) in [4.78, 5) is 23.8. The van der Waals surface area contributed by atoms with E-state index in [4.69, 9.17) is 11.6 Å². The molecule has 0 atom stereocenters. The number of benzene rings is 2. The van der Waals surface area contributed by atoms with Crippen LogP contribution in [0, 0.1) is 13.8 Å². The van der Waals surface area contributed by atoms with Crippen molar-refractivity contribution in [2.75, 3.05) is 11.9 Å². The zero-order valence-corrected chi connectivity index (χ0v) is 16.6. The Labute approximate surface area is 169 Å².